The van der Waals surface area contributed by atoms with Gasteiger partial charge >= 0.3 is 0 Å². The van der Waals surface area contributed by atoms with Gasteiger partial charge in [-0.25, -0.2) is 8.78 Å². The summed E-state index contributed by atoms with van der Waals surface area (Å²) in [5, 5.41) is 13.4. The number of rotatable bonds is 3. The molecule has 0 aliphatic carbocycles. The summed E-state index contributed by atoms with van der Waals surface area (Å²) < 4.78 is 31.1. The molecule has 0 saturated carbocycles. The summed E-state index contributed by atoms with van der Waals surface area (Å²) in [6.45, 7) is 0. The van der Waals surface area contributed by atoms with Gasteiger partial charge in [0, 0.05) is 11.1 Å². The van der Waals surface area contributed by atoms with Crippen molar-refractivity contribution >= 4 is 0 Å². The lowest BCUT2D eigenvalue weighted by Crippen LogP contribution is -1.90. The van der Waals surface area contributed by atoms with Gasteiger partial charge in [-0.1, -0.05) is 23.4 Å². The number of phenolic OH excluding ortho intramolecular Hbond substituents is 1. The Morgan fingerprint density at radius 2 is 1.86 bits per heavy atom. The van der Waals surface area contributed by atoms with Crippen LogP contribution in [0.25, 0.3) is 11.4 Å². The monoisotopic (exact) mass is 288 g/mol. The number of nitrogens with zero attached hydrogens (tertiary/aromatic N) is 2. The summed E-state index contributed by atoms with van der Waals surface area (Å²) in [7, 11) is 0. The molecule has 0 saturated heterocycles. The van der Waals surface area contributed by atoms with Crippen molar-refractivity contribution in [2.45, 2.75) is 6.42 Å². The Kier molecular flexibility index (Phi) is 3.35. The van der Waals surface area contributed by atoms with Crippen molar-refractivity contribution < 1.29 is 18.4 Å². The highest BCUT2D eigenvalue weighted by atomic mass is 19.2. The van der Waals surface area contributed by atoms with Crippen molar-refractivity contribution in [3.63, 3.8) is 0 Å². The van der Waals surface area contributed by atoms with Crippen LogP contribution in [-0.4, -0.2) is 15.2 Å². The number of aromatic hydroxyl groups is 1. The largest absolute Gasteiger partial charge is 0.508 e. The van der Waals surface area contributed by atoms with Crippen molar-refractivity contribution in [1.29, 1.82) is 0 Å². The first-order chi connectivity index (χ1) is 10.1. The molecule has 0 aliphatic rings. The second kappa shape index (κ2) is 5.32. The molecule has 3 aromatic rings. The number of para-hydroxylation sites is 1. The molecular formula is C15H10F2N2O2. The Bertz CT molecular complexity index is 787. The Morgan fingerprint density at radius 1 is 1.05 bits per heavy atom. The Morgan fingerprint density at radius 3 is 2.62 bits per heavy atom. The zero-order valence-electron chi connectivity index (χ0n) is 10.8. The lowest BCUT2D eigenvalue weighted by atomic mass is 10.1. The first kappa shape index (κ1) is 13.2. The van der Waals surface area contributed by atoms with E-state index in [0.717, 1.165) is 12.1 Å². The van der Waals surface area contributed by atoms with E-state index in [-0.39, 0.29) is 23.9 Å². The van der Waals surface area contributed by atoms with Gasteiger partial charge in [0.2, 0.25) is 11.7 Å². The summed E-state index contributed by atoms with van der Waals surface area (Å²) in [6, 6.07) is 10.2. The van der Waals surface area contributed by atoms with Crippen LogP contribution in [0.4, 0.5) is 8.78 Å². The minimum Gasteiger partial charge on any atom is -0.508 e. The maximum atomic E-state index is 13.2. The van der Waals surface area contributed by atoms with Crippen LogP contribution in [0.15, 0.2) is 47.0 Å². The minimum atomic E-state index is -0.973. The normalized spacial score (nSPS) is 10.8. The molecule has 106 valence electrons. The predicted molar refractivity (Wildman–Crippen MR) is 70.6 cm³/mol. The van der Waals surface area contributed by atoms with Gasteiger partial charge in [-0.2, -0.15) is 4.98 Å². The van der Waals surface area contributed by atoms with Crippen LogP contribution < -0.4 is 0 Å². The van der Waals surface area contributed by atoms with Gasteiger partial charge in [0.05, 0.1) is 6.42 Å². The highest BCUT2D eigenvalue weighted by molar-refractivity contribution is 5.54. The van der Waals surface area contributed by atoms with Gasteiger partial charge < -0.3 is 9.63 Å². The van der Waals surface area contributed by atoms with Crippen molar-refractivity contribution in [3.05, 3.63) is 65.6 Å². The van der Waals surface area contributed by atoms with Crippen LogP contribution in [0.2, 0.25) is 0 Å². The molecule has 2 aromatic carbocycles. The second-order valence-electron chi connectivity index (χ2n) is 4.45. The third-order valence-electron chi connectivity index (χ3n) is 2.98. The summed E-state index contributed by atoms with van der Waals surface area (Å²) in [6.07, 6.45) is 0.253. The van der Waals surface area contributed by atoms with E-state index < -0.39 is 11.6 Å². The average Bonchev–Trinajstić information content (AvgIpc) is 2.93. The number of aromatic nitrogens is 2. The molecule has 1 N–H and O–H groups in total. The van der Waals surface area contributed by atoms with Crippen LogP contribution in [0.5, 0.6) is 5.75 Å². The van der Waals surface area contributed by atoms with E-state index in [9.17, 15) is 13.9 Å². The fraction of sp³-hybridized carbons (Fsp3) is 0.0667. The van der Waals surface area contributed by atoms with Crippen LogP contribution in [0.3, 0.4) is 0 Å². The van der Waals surface area contributed by atoms with Gasteiger partial charge in [0.25, 0.3) is 0 Å². The van der Waals surface area contributed by atoms with E-state index in [2.05, 4.69) is 10.1 Å². The van der Waals surface area contributed by atoms with E-state index >= 15 is 0 Å². The lowest BCUT2D eigenvalue weighted by Gasteiger charge is -1.99. The van der Waals surface area contributed by atoms with Crippen molar-refractivity contribution in [3.8, 4) is 17.1 Å². The molecule has 1 aromatic heterocycles. The zero-order valence-corrected chi connectivity index (χ0v) is 10.8. The molecule has 21 heavy (non-hydrogen) atoms. The third kappa shape index (κ3) is 2.74. The number of hydrogen-bond acceptors (Lipinski definition) is 4. The molecule has 0 unspecified atom stereocenters. The molecule has 0 spiro atoms. The second-order valence-corrected chi connectivity index (χ2v) is 4.45. The molecule has 0 bridgehead atoms. The molecule has 0 fully saturated rings. The quantitative estimate of drug-likeness (QED) is 0.803. The van der Waals surface area contributed by atoms with Gasteiger partial charge in [0.1, 0.15) is 5.75 Å². The van der Waals surface area contributed by atoms with Crippen LogP contribution in [0.1, 0.15) is 11.5 Å². The SMILES string of the molecule is Oc1ccccc1Cc1nc(-c2ccc(F)c(F)c2)no1. The van der Waals surface area contributed by atoms with E-state index in [1.54, 1.807) is 24.3 Å². The molecular weight excluding hydrogens is 278 g/mol. The molecule has 4 nitrogen and oxygen atoms in total. The Hall–Kier alpha value is -2.76. The van der Waals surface area contributed by atoms with E-state index in [1.807, 2.05) is 0 Å². The standard InChI is InChI=1S/C15H10F2N2O2/c16-11-6-5-10(7-12(11)17)15-18-14(21-19-15)8-9-3-1-2-4-13(9)20/h1-7,20H,8H2. The molecule has 0 amide bonds. The van der Waals surface area contributed by atoms with Crippen LogP contribution in [0, 0.1) is 11.6 Å². The lowest BCUT2D eigenvalue weighted by molar-refractivity contribution is 0.383. The van der Waals surface area contributed by atoms with Crippen molar-refractivity contribution in [1.82, 2.24) is 10.1 Å². The molecule has 1 heterocycles. The van der Waals surface area contributed by atoms with Gasteiger partial charge in [-0.3, -0.25) is 0 Å². The number of halogens is 2. The minimum absolute atomic E-state index is 0.130. The number of phenols is 1. The summed E-state index contributed by atoms with van der Waals surface area (Å²) in [5.74, 6) is -1.34. The first-order valence-corrected chi connectivity index (χ1v) is 6.18. The fourth-order valence-corrected chi connectivity index (χ4v) is 1.90. The summed E-state index contributed by atoms with van der Waals surface area (Å²) in [5.41, 5.74) is 0.958. The Balaban J connectivity index is 1.86. The van der Waals surface area contributed by atoms with Crippen molar-refractivity contribution in [2.24, 2.45) is 0 Å². The fourth-order valence-electron chi connectivity index (χ4n) is 1.90. The predicted octanol–water partition coefficient (Wildman–Crippen LogP) is 3.31. The molecule has 0 atom stereocenters. The zero-order chi connectivity index (χ0) is 14.8. The molecule has 0 radical (unpaired) electrons. The third-order valence-corrected chi connectivity index (χ3v) is 2.98. The van der Waals surface area contributed by atoms with Gasteiger partial charge in [0.15, 0.2) is 11.6 Å². The van der Waals surface area contributed by atoms with E-state index in [0.29, 0.717) is 11.1 Å². The van der Waals surface area contributed by atoms with Crippen LogP contribution >= 0.6 is 0 Å². The van der Waals surface area contributed by atoms with E-state index in [1.165, 1.54) is 6.07 Å². The highest BCUT2D eigenvalue weighted by Crippen LogP contribution is 2.22. The molecule has 3 rings (SSSR count). The van der Waals surface area contributed by atoms with Gasteiger partial charge in [-0.05, 0) is 24.3 Å². The van der Waals surface area contributed by atoms with Gasteiger partial charge in [-0.15, -0.1) is 0 Å². The molecule has 6 heteroatoms. The summed E-state index contributed by atoms with van der Waals surface area (Å²) in [4.78, 5) is 4.11. The van der Waals surface area contributed by atoms with Crippen molar-refractivity contribution in [2.75, 3.05) is 0 Å². The number of hydrogen-bond donors (Lipinski definition) is 1. The summed E-state index contributed by atoms with van der Waals surface area (Å²) >= 11 is 0. The van der Waals surface area contributed by atoms with E-state index in [4.69, 9.17) is 4.52 Å². The number of benzene rings is 2. The topological polar surface area (TPSA) is 59.2 Å². The highest BCUT2D eigenvalue weighted by Gasteiger charge is 2.12. The Labute approximate surface area is 118 Å². The first-order valence-electron chi connectivity index (χ1n) is 6.18. The smallest absolute Gasteiger partial charge is 0.231 e. The average molecular weight is 288 g/mol. The molecule has 0 aliphatic heterocycles. The maximum Gasteiger partial charge on any atom is 0.231 e. The van der Waals surface area contributed by atoms with Crippen LogP contribution in [-0.2, 0) is 6.42 Å². The maximum absolute atomic E-state index is 13.2.